The van der Waals surface area contributed by atoms with E-state index in [9.17, 15) is 38.4 Å². The van der Waals surface area contributed by atoms with Gasteiger partial charge in [-0.3, -0.25) is 24.1 Å². The van der Waals surface area contributed by atoms with Crippen molar-refractivity contribution < 1.29 is 57.3 Å². The summed E-state index contributed by atoms with van der Waals surface area (Å²) in [6, 6.07) is 33.2. The molecule has 1 aliphatic rings. The van der Waals surface area contributed by atoms with Crippen LogP contribution in [0.5, 0.6) is 0 Å². The van der Waals surface area contributed by atoms with Gasteiger partial charge >= 0.3 is 24.2 Å². The Morgan fingerprint density at radius 1 is 0.598 bits per heavy atom. The van der Waals surface area contributed by atoms with E-state index >= 15 is 0 Å². The Labute approximate surface area is 483 Å². The first kappa shape index (κ1) is 64.9. The Morgan fingerprint density at radius 3 is 1.66 bits per heavy atom. The summed E-state index contributed by atoms with van der Waals surface area (Å²) in [5.41, 5.74) is 0.00212. The Bertz CT molecular complexity index is 2690. The first-order chi connectivity index (χ1) is 38.9. The Kier molecular flexibility index (Phi) is 24.8. The molecule has 0 aliphatic carbocycles. The minimum absolute atomic E-state index is 0.0195. The van der Waals surface area contributed by atoms with E-state index in [4.69, 9.17) is 18.9 Å². The molecule has 5 rings (SSSR count). The second-order valence-corrected chi connectivity index (χ2v) is 23.3. The van der Waals surface area contributed by atoms with E-state index in [1.807, 2.05) is 118 Å². The number of hydrogen-bond donors (Lipinski definition) is 5. The molecule has 4 aromatic rings. The molecule has 0 unspecified atom stereocenters. The van der Waals surface area contributed by atoms with Crippen LogP contribution in [0.4, 0.5) is 14.4 Å². The minimum Gasteiger partial charge on any atom is -0.459 e. The number of rotatable bonds is 26. The number of nitrogens with zero attached hydrogens (tertiary/aromatic N) is 2. The number of ether oxygens (including phenoxy) is 4. The predicted molar refractivity (Wildman–Crippen MR) is 311 cm³/mol. The summed E-state index contributed by atoms with van der Waals surface area (Å²) >= 11 is 0. The number of carbonyl (C=O) groups is 8. The van der Waals surface area contributed by atoms with Gasteiger partial charge in [0.15, 0.2) is 0 Å². The number of benzene rings is 4. The van der Waals surface area contributed by atoms with Crippen molar-refractivity contribution in [2.75, 3.05) is 32.7 Å². The van der Waals surface area contributed by atoms with Crippen molar-refractivity contribution in [3.63, 3.8) is 0 Å². The van der Waals surface area contributed by atoms with Crippen LogP contribution in [0.15, 0.2) is 121 Å². The summed E-state index contributed by atoms with van der Waals surface area (Å²) in [4.78, 5) is 115. The van der Waals surface area contributed by atoms with Gasteiger partial charge in [0.05, 0.1) is 0 Å². The van der Waals surface area contributed by atoms with E-state index in [1.54, 1.807) is 65.8 Å². The number of carbonyl (C=O) groups excluding carboxylic acids is 8. The van der Waals surface area contributed by atoms with Crippen LogP contribution in [0.3, 0.4) is 0 Å². The van der Waals surface area contributed by atoms with Gasteiger partial charge in [-0.15, -0.1) is 0 Å². The molecule has 444 valence electrons. The number of esters is 1. The van der Waals surface area contributed by atoms with E-state index in [0.717, 1.165) is 22.3 Å². The summed E-state index contributed by atoms with van der Waals surface area (Å²) in [5.74, 6) is -3.43. The lowest BCUT2D eigenvalue weighted by Crippen LogP contribution is -2.63. The van der Waals surface area contributed by atoms with Crippen molar-refractivity contribution in [3.05, 3.63) is 144 Å². The molecule has 5 N–H and O–H groups in total. The van der Waals surface area contributed by atoms with Crippen LogP contribution in [-0.4, -0.2) is 125 Å². The average molecular weight is 1130 g/mol. The molecule has 1 aliphatic heterocycles. The largest absolute Gasteiger partial charge is 0.459 e. The fourth-order valence-electron chi connectivity index (χ4n) is 9.23. The topological polar surface area (TPSA) is 240 Å². The van der Waals surface area contributed by atoms with Gasteiger partial charge in [0, 0.05) is 32.6 Å². The third kappa shape index (κ3) is 22.5. The zero-order valence-electron chi connectivity index (χ0n) is 49.1. The highest BCUT2D eigenvalue weighted by molar-refractivity contribution is 5.95. The normalized spacial score (nSPS) is 14.6. The molecule has 0 aromatic heterocycles. The highest BCUT2D eigenvalue weighted by Gasteiger charge is 2.46. The fraction of sp³-hybridized carbons (Fsp3) is 0.492. The fourth-order valence-corrected chi connectivity index (χ4v) is 9.23. The van der Waals surface area contributed by atoms with E-state index in [-0.39, 0.29) is 83.3 Å². The summed E-state index contributed by atoms with van der Waals surface area (Å²) in [7, 11) is 0. The molecule has 1 fully saturated rings. The van der Waals surface area contributed by atoms with Gasteiger partial charge in [0.2, 0.25) is 23.6 Å². The first-order valence-corrected chi connectivity index (χ1v) is 28.3. The molecular formula is C63H85N7O12. The molecule has 1 saturated heterocycles. The number of alkyl carbamates (subject to hydrolysis) is 2. The molecule has 19 nitrogen and oxygen atoms in total. The van der Waals surface area contributed by atoms with Crippen molar-refractivity contribution in [3.8, 4) is 0 Å². The van der Waals surface area contributed by atoms with Crippen molar-refractivity contribution in [2.45, 2.75) is 161 Å². The summed E-state index contributed by atoms with van der Waals surface area (Å²) < 4.78 is 22.4. The Balaban J connectivity index is 1.36. The van der Waals surface area contributed by atoms with E-state index in [0.29, 0.717) is 12.8 Å². The number of amides is 7. The van der Waals surface area contributed by atoms with Gasteiger partial charge in [-0.25, -0.2) is 19.2 Å². The Hall–Kier alpha value is -7.96. The molecule has 82 heavy (non-hydrogen) atoms. The van der Waals surface area contributed by atoms with Gasteiger partial charge in [-0.2, -0.15) is 0 Å². The second-order valence-electron chi connectivity index (χ2n) is 23.3. The number of piperidine rings is 1. The maximum absolute atomic E-state index is 14.8. The van der Waals surface area contributed by atoms with Crippen molar-refractivity contribution in [1.82, 2.24) is 36.4 Å². The van der Waals surface area contributed by atoms with Crippen LogP contribution in [0.1, 0.15) is 129 Å². The number of unbranched alkanes of at least 4 members (excludes halogenated alkanes) is 1. The lowest BCUT2D eigenvalue weighted by molar-refractivity contribution is -0.157. The van der Waals surface area contributed by atoms with Crippen LogP contribution in [0, 0.1) is 5.92 Å². The smallest absolute Gasteiger partial charge is 0.410 e. The van der Waals surface area contributed by atoms with Gasteiger partial charge < -0.3 is 50.4 Å². The summed E-state index contributed by atoms with van der Waals surface area (Å²) in [6.07, 6.45) is -1.15. The lowest BCUT2D eigenvalue weighted by Gasteiger charge is -2.41. The summed E-state index contributed by atoms with van der Waals surface area (Å²) in [6.45, 7) is 15.9. The van der Waals surface area contributed by atoms with Crippen molar-refractivity contribution in [1.29, 1.82) is 0 Å². The minimum atomic E-state index is -1.57. The van der Waals surface area contributed by atoms with Crippen LogP contribution in [0.25, 0.3) is 0 Å². The zero-order chi connectivity index (χ0) is 59.9. The maximum Gasteiger partial charge on any atom is 0.410 e. The van der Waals surface area contributed by atoms with Gasteiger partial charge in [0.1, 0.15) is 54.6 Å². The average Bonchev–Trinajstić information content (AvgIpc) is 3.41. The molecule has 0 saturated carbocycles. The van der Waals surface area contributed by atoms with Crippen molar-refractivity contribution in [2.24, 2.45) is 5.92 Å². The van der Waals surface area contributed by atoms with E-state index in [2.05, 4.69) is 26.6 Å². The lowest BCUT2D eigenvalue weighted by atomic mass is 9.87. The summed E-state index contributed by atoms with van der Waals surface area (Å²) in [5, 5.41) is 14.2. The quantitative estimate of drug-likeness (QED) is 0.0226. The standard InChI is InChI=1S/C63H85N7O12/c1-44(2)38-51(67-55(73)52(39-46-24-14-10-15-25-46)65-53(71)41-70(60(78)82-62(7,8)9)40-45(3)49-30-20-13-21-31-49)54(72)66-50(32-22-23-35-64-58(76)81-61(4,5)6)56(74)69-36-33-63(34-37-69,57(75)79-42-47-26-16-11-17-27-47)68-59(77)80-43-48-28-18-12-19-29-48/h10-21,24-31,44-45,50-52H,22-23,32-43H2,1-9H3,(H,64,76)(H,65,71)(H,66,72)(H,67,73)(H,68,77)/t45-,50-,51-,52-/m1/s1. The van der Waals surface area contributed by atoms with Crippen LogP contribution in [0.2, 0.25) is 0 Å². The number of likely N-dealkylation sites (tertiary alicyclic amines) is 1. The molecule has 19 heteroatoms. The molecule has 1 heterocycles. The number of nitrogens with one attached hydrogen (secondary N) is 5. The SMILES string of the molecule is CC(C)C[C@@H](NC(=O)[C@@H](Cc1ccccc1)NC(=O)CN(C[C@@H](C)c1ccccc1)C(=O)OC(C)(C)C)C(=O)N[C@H](CCCCNC(=O)OC(C)(C)C)C(=O)N1CCC(NC(=O)OCc2ccccc2)(C(=O)OCc2ccccc2)CC1. The molecule has 4 aromatic carbocycles. The molecule has 0 spiro atoms. The third-order valence-corrected chi connectivity index (χ3v) is 13.4. The highest BCUT2D eigenvalue weighted by Crippen LogP contribution is 2.27. The Morgan fingerprint density at radius 2 is 1.11 bits per heavy atom. The maximum atomic E-state index is 14.8. The van der Waals surface area contributed by atoms with Crippen LogP contribution in [-0.2, 0) is 62.6 Å². The monoisotopic (exact) mass is 1130 g/mol. The van der Waals surface area contributed by atoms with E-state index in [1.165, 1.54) is 9.80 Å². The highest BCUT2D eigenvalue weighted by atomic mass is 16.6. The molecule has 7 amide bonds. The third-order valence-electron chi connectivity index (χ3n) is 13.4. The van der Waals surface area contributed by atoms with Gasteiger partial charge in [0.25, 0.3) is 0 Å². The second kappa shape index (κ2) is 31.3. The van der Waals surface area contributed by atoms with Crippen LogP contribution < -0.4 is 26.6 Å². The van der Waals surface area contributed by atoms with Gasteiger partial charge in [-0.1, -0.05) is 142 Å². The predicted octanol–water partition coefficient (Wildman–Crippen LogP) is 8.50. The first-order valence-electron chi connectivity index (χ1n) is 28.3. The zero-order valence-corrected chi connectivity index (χ0v) is 49.1. The van der Waals surface area contributed by atoms with Crippen LogP contribution >= 0.6 is 0 Å². The molecular weight excluding hydrogens is 1050 g/mol. The number of hydrogen-bond acceptors (Lipinski definition) is 12. The van der Waals surface area contributed by atoms with E-state index < -0.39 is 89.3 Å². The van der Waals surface area contributed by atoms with Gasteiger partial charge in [-0.05, 0) is 114 Å². The molecule has 0 bridgehead atoms. The molecule has 4 atom stereocenters. The molecule has 0 radical (unpaired) electrons. The van der Waals surface area contributed by atoms with Crippen molar-refractivity contribution >= 4 is 47.9 Å².